The Hall–Kier alpha value is -4.93. The molecule has 0 saturated carbocycles. The van der Waals surface area contributed by atoms with Gasteiger partial charge in [0.1, 0.15) is 5.75 Å². The number of hydrogen-bond acceptors (Lipinski definition) is 4. The Labute approximate surface area is 251 Å². The summed E-state index contributed by atoms with van der Waals surface area (Å²) >= 11 is 1.73. The molecule has 1 aliphatic heterocycles. The Bertz CT molecular complexity index is 1820. The molecular weight excluding hydrogens is 532 g/mol. The first-order valence-corrected chi connectivity index (χ1v) is 14.9. The standard InChI is InChI=1S/C38H30N2OS/c1-26-7-15-30(16-8-26)39(31-17-9-27(2)10-18-31)32-19-11-28(12-20-32)29-13-21-33(22-14-29)40-35-5-3-4-6-37(35)42-38-24-23-34(41)25-36(38)40/h3-25,41H,1-2H3. The van der Waals surface area contributed by atoms with E-state index in [4.69, 9.17) is 0 Å². The molecule has 0 saturated heterocycles. The summed E-state index contributed by atoms with van der Waals surface area (Å²) in [5, 5.41) is 10.3. The Morgan fingerprint density at radius 1 is 0.524 bits per heavy atom. The molecule has 0 fully saturated rings. The number of fused-ring (bicyclic) bond motifs is 2. The SMILES string of the molecule is Cc1ccc(N(c2ccc(C)cc2)c2ccc(-c3ccc(N4c5ccccc5Sc5ccc(O)cc54)cc3)cc2)cc1. The van der Waals surface area contributed by atoms with Crippen molar-refractivity contribution in [2.24, 2.45) is 0 Å². The molecule has 0 radical (unpaired) electrons. The molecule has 0 aliphatic carbocycles. The molecule has 0 unspecified atom stereocenters. The minimum atomic E-state index is 0.265. The van der Waals surface area contributed by atoms with Crippen LogP contribution in [0.1, 0.15) is 11.1 Å². The van der Waals surface area contributed by atoms with Gasteiger partial charge in [0.25, 0.3) is 0 Å². The summed E-state index contributed by atoms with van der Waals surface area (Å²) in [6.07, 6.45) is 0. The molecule has 0 amide bonds. The van der Waals surface area contributed by atoms with Crippen molar-refractivity contribution in [2.75, 3.05) is 9.80 Å². The molecule has 42 heavy (non-hydrogen) atoms. The minimum Gasteiger partial charge on any atom is -0.508 e. The minimum absolute atomic E-state index is 0.265. The lowest BCUT2D eigenvalue weighted by atomic mass is 10.0. The first kappa shape index (κ1) is 26.0. The molecule has 0 atom stereocenters. The summed E-state index contributed by atoms with van der Waals surface area (Å²) in [5.74, 6) is 0.265. The third-order valence-corrected chi connectivity index (χ3v) is 8.81. The summed E-state index contributed by atoms with van der Waals surface area (Å²) in [7, 11) is 0. The third kappa shape index (κ3) is 4.91. The van der Waals surface area contributed by atoms with E-state index in [1.165, 1.54) is 16.0 Å². The van der Waals surface area contributed by atoms with E-state index in [9.17, 15) is 5.11 Å². The molecule has 0 spiro atoms. The highest BCUT2D eigenvalue weighted by atomic mass is 32.2. The van der Waals surface area contributed by atoms with Gasteiger partial charge < -0.3 is 14.9 Å². The monoisotopic (exact) mass is 562 g/mol. The first-order valence-electron chi connectivity index (χ1n) is 14.1. The summed E-state index contributed by atoms with van der Waals surface area (Å²) < 4.78 is 0. The van der Waals surface area contributed by atoms with Crippen molar-refractivity contribution in [3.63, 3.8) is 0 Å². The zero-order valence-corrected chi connectivity index (χ0v) is 24.3. The van der Waals surface area contributed by atoms with Gasteiger partial charge in [0.05, 0.1) is 11.4 Å². The molecule has 3 nitrogen and oxygen atoms in total. The van der Waals surface area contributed by atoms with E-state index in [1.807, 2.05) is 12.1 Å². The van der Waals surface area contributed by atoms with Crippen LogP contribution in [-0.2, 0) is 0 Å². The molecule has 1 N–H and O–H groups in total. The molecule has 6 aromatic rings. The summed E-state index contributed by atoms with van der Waals surface area (Å²) in [5.41, 5.74) is 11.3. The van der Waals surface area contributed by atoms with Gasteiger partial charge >= 0.3 is 0 Å². The Balaban J connectivity index is 1.22. The molecule has 0 aromatic heterocycles. The largest absolute Gasteiger partial charge is 0.508 e. The van der Waals surface area contributed by atoms with E-state index in [0.29, 0.717) is 0 Å². The van der Waals surface area contributed by atoms with Crippen LogP contribution < -0.4 is 9.80 Å². The number of anilines is 6. The molecule has 4 heteroatoms. The number of nitrogens with zero attached hydrogens (tertiary/aromatic N) is 2. The zero-order valence-electron chi connectivity index (χ0n) is 23.5. The fourth-order valence-corrected chi connectivity index (χ4v) is 6.50. The molecule has 204 valence electrons. The smallest absolute Gasteiger partial charge is 0.117 e. The average molecular weight is 563 g/mol. The number of benzene rings is 6. The maximum Gasteiger partial charge on any atom is 0.117 e. The van der Waals surface area contributed by atoms with Gasteiger partial charge in [0, 0.05) is 38.6 Å². The van der Waals surface area contributed by atoms with Crippen molar-refractivity contribution in [2.45, 2.75) is 23.6 Å². The fraction of sp³-hybridized carbons (Fsp3) is 0.0526. The van der Waals surface area contributed by atoms with Crippen LogP contribution >= 0.6 is 11.8 Å². The van der Waals surface area contributed by atoms with Gasteiger partial charge in [-0.1, -0.05) is 83.6 Å². The van der Waals surface area contributed by atoms with Crippen LogP contribution in [-0.4, -0.2) is 5.11 Å². The van der Waals surface area contributed by atoms with E-state index in [-0.39, 0.29) is 5.75 Å². The number of hydrogen-bond donors (Lipinski definition) is 1. The number of aromatic hydroxyl groups is 1. The van der Waals surface area contributed by atoms with Gasteiger partial charge in [-0.15, -0.1) is 0 Å². The van der Waals surface area contributed by atoms with Crippen molar-refractivity contribution < 1.29 is 5.11 Å². The molecule has 7 rings (SSSR count). The van der Waals surface area contributed by atoms with Crippen molar-refractivity contribution in [1.29, 1.82) is 0 Å². The van der Waals surface area contributed by atoms with E-state index >= 15 is 0 Å². The van der Waals surface area contributed by atoms with Crippen molar-refractivity contribution in [3.8, 4) is 16.9 Å². The van der Waals surface area contributed by atoms with Crippen LogP contribution in [0.2, 0.25) is 0 Å². The second-order valence-corrected chi connectivity index (χ2v) is 11.7. The quantitative estimate of drug-likeness (QED) is 0.226. The average Bonchev–Trinajstić information content (AvgIpc) is 3.02. The van der Waals surface area contributed by atoms with Crippen molar-refractivity contribution in [3.05, 3.63) is 151 Å². The van der Waals surface area contributed by atoms with E-state index in [2.05, 4.69) is 145 Å². The Kier molecular flexibility index (Phi) is 6.69. The van der Waals surface area contributed by atoms with E-state index in [1.54, 1.807) is 17.8 Å². The lowest BCUT2D eigenvalue weighted by molar-refractivity contribution is 0.475. The second-order valence-electron chi connectivity index (χ2n) is 10.7. The van der Waals surface area contributed by atoms with Gasteiger partial charge in [-0.05, 0) is 97.8 Å². The first-order chi connectivity index (χ1) is 20.5. The van der Waals surface area contributed by atoms with Gasteiger partial charge in [-0.25, -0.2) is 0 Å². The van der Waals surface area contributed by atoms with Crippen LogP contribution in [0.25, 0.3) is 11.1 Å². The van der Waals surface area contributed by atoms with Crippen LogP contribution in [0.5, 0.6) is 5.75 Å². The van der Waals surface area contributed by atoms with Crippen LogP contribution in [0.15, 0.2) is 149 Å². The maximum atomic E-state index is 10.3. The molecule has 6 aromatic carbocycles. The topological polar surface area (TPSA) is 26.7 Å². The molecular formula is C38H30N2OS. The van der Waals surface area contributed by atoms with Crippen molar-refractivity contribution in [1.82, 2.24) is 0 Å². The van der Waals surface area contributed by atoms with Gasteiger partial charge in [0.15, 0.2) is 0 Å². The Morgan fingerprint density at radius 3 is 1.62 bits per heavy atom. The number of para-hydroxylation sites is 1. The third-order valence-electron chi connectivity index (χ3n) is 7.68. The predicted molar refractivity (Wildman–Crippen MR) is 177 cm³/mol. The molecule has 0 bridgehead atoms. The maximum absolute atomic E-state index is 10.3. The number of phenolic OH excluding ortho intramolecular Hbond substituents is 1. The lowest BCUT2D eigenvalue weighted by Gasteiger charge is -2.33. The molecule has 1 aliphatic rings. The van der Waals surface area contributed by atoms with E-state index in [0.717, 1.165) is 50.1 Å². The van der Waals surface area contributed by atoms with Gasteiger partial charge in [-0.3, -0.25) is 0 Å². The lowest BCUT2D eigenvalue weighted by Crippen LogP contribution is -2.14. The summed E-state index contributed by atoms with van der Waals surface area (Å²) in [4.78, 5) is 6.85. The zero-order chi connectivity index (χ0) is 28.6. The second kappa shape index (κ2) is 10.8. The van der Waals surface area contributed by atoms with E-state index < -0.39 is 0 Å². The van der Waals surface area contributed by atoms with Gasteiger partial charge in [0.2, 0.25) is 0 Å². The highest BCUT2D eigenvalue weighted by Crippen LogP contribution is 2.52. The highest BCUT2D eigenvalue weighted by Gasteiger charge is 2.25. The predicted octanol–water partition coefficient (Wildman–Crippen LogP) is 11.1. The number of phenols is 1. The number of aryl methyl sites for hydroxylation is 2. The van der Waals surface area contributed by atoms with Crippen molar-refractivity contribution >= 4 is 45.9 Å². The Morgan fingerprint density at radius 2 is 1.02 bits per heavy atom. The van der Waals surface area contributed by atoms with Gasteiger partial charge in [-0.2, -0.15) is 0 Å². The number of rotatable bonds is 5. The van der Waals surface area contributed by atoms with Crippen LogP contribution in [0.3, 0.4) is 0 Å². The fourth-order valence-electron chi connectivity index (χ4n) is 5.46. The normalized spacial score (nSPS) is 12.0. The highest BCUT2D eigenvalue weighted by molar-refractivity contribution is 7.99. The van der Waals surface area contributed by atoms with Crippen LogP contribution in [0.4, 0.5) is 34.1 Å². The molecule has 1 heterocycles. The van der Waals surface area contributed by atoms with Crippen LogP contribution in [0, 0.1) is 13.8 Å². The summed E-state index contributed by atoms with van der Waals surface area (Å²) in [6.45, 7) is 4.23. The summed E-state index contributed by atoms with van der Waals surface area (Å²) in [6, 6.07) is 48.8.